The molecule has 0 atom stereocenters. The van der Waals surface area contributed by atoms with Crippen LogP contribution in [0.1, 0.15) is 11.3 Å². The summed E-state index contributed by atoms with van der Waals surface area (Å²) in [5.41, 5.74) is 4.00. The van der Waals surface area contributed by atoms with Crippen LogP contribution in [0.3, 0.4) is 0 Å². The van der Waals surface area contributed by atoms with E-state index >= 15 is 0 Å². The zero-order valence-corrected chi connectivity index (χ0v) is 15.1. The average molecular weight is 386 g/mol. The summed E-state index contributed by atoms with van der Waals surface area (Å²) in [6, 6.07) is 12.7. The Morgan fingerprint density at radius 2 is 1.88 bits per heavy atom. The van der Waals surface area contributed by atoms with Gasteiger partial charge in [0, 0.05) is 6.21 Å². The molecule has 2 heterocycles. The molecular weight excluding hydrogens is 373 g/mol. The van der Waals surface area contributed by atoms with Crippen LogP contribution in [0.25, 0.3) is 16.7 Å². The lowest BCUT2D eigenvalue weighted by Gasteiger charge is -2.04. The number of para-hydroxylation sites is 1. The van der Waals surface area contributed by atoms with E-state index in [1.807, 2.05) is 31.2 Å². The highest BCUT2D eigenvalue weighted by Crippen LogP contribution is 2.27. The Hall–Kier alpha value is -2.83. The molecule has 0 saturated heterocycles. The van der Waals surface area contributed by atoms with Crippen molar-refractivity contribution in [1.82, 2.24) is 19.7 Å². The van der Waals surface area contributed by atoms with Gasteiger partial charge in [-0.2, -0.15) is 5.10 Å². The van der Waals surface area contributed by atoms with E-state index in [0.717, 1.165) is 11.2 Å². The number of halogens is 2. The van der Waals surface area contributed by atoms with Gasteiger partial charge < -0.3 is 9.97 Å². The maximum Gasteiger partial charge on any atom is 0.323 e. The summed E-state index contributed by atoms with van der Waals surface area (Å²) in [6.07, 6.45) is 1.66. The second kappa shape index (κ2) is 6.48. The number of aromatic amines is 2. The van der Waals surface area contributed by atoms with E-state index in [1.165, 1.54) is 0 Å². The fourth-order valence-corrected chi connectivity index (χ4v) is 3.21. The highest BCUT2D eigenvalue weighted by molar-refractivity contribution is 6.34. The molecule has 0 amide bonds. The van der Waals surface area contributed by atoms with Crippen LogP contribution in [-0.4, -0.2) is 26.0 Å². The number of H-pyrrole nitrogens is 2. The summed E-state index contributed by atoms with van der Waals surface area (Å²) in [6.45, 7) is 1.85. The number of nitrogens with one attached hydrogen (secondary N) is 2. The highest BCUT2D eigenvalue weighted by Gasteiger charge is 2.14. The maximum atomic E-state index is 11.3. The molecule has 0 aliphatic heterocycles. The van der Waals surface area contributed by atoms with E-state index in [0.29, 0.717) is 32.6 Å². The van der Waals surface area contributed by atoms with Crippen LogP contribution in [0.15, 0.2) is 52.3 Å². The van der Waals surface area contributed by atoms with E-state index in [2.05, 4.69) is 20.1 Å². The normalized spacial score (nSPS) is 11.7. The van der Waals surface area contributed by atoms with Gasteiger partial charge in [-0.1, -0.05) is 35.3 Å². The minimum Gasteiger partial charge on any atom is -0.306 e. The van der Waals surface area contributed by atoms with Gasteiger partial charge in [0.15, 0.2) is 0 Å². The number of aryl methyl sites for hydroxylation is 1. The molecule has 0 bridgehead atoms. The summed E-state index contributed by atoms with van der Waals surface area (Å²) in [7, 11) is 0. The van der Waals surface area contributed by atoms with Crippen molar-refractivity contribution in [3.63, 3.8) is 0 Å². The molecule has 4 rings (SSSR count). The number of imidazole rings is 1. The quantitative estimate of drug-likeness (QED) is 0.512. The van der Waals surface area contributed by atoms with Crippen LogP contribution < -0.4 is 5.69 Å². The summed E-state index contributed by atoms with van der Waals surface area (Å²) in [5.74, 6) is 0. The zero-order valence-electron chi connectivity index (χ0n) is 13.6. The summed E-state index contributed by atoms with van der Waals surface area (Å²) >= 11 is 12.7. The number of hydrogen-bond acceptors (Lipinski definition) is 3. The summed E-state index contributed by atoms with van der Waals surface area (Å²) < 4.78 is 1.59. The van der Waals surface area contributed by atoms with E-state index in [-0.39, 0.29) is 5.69 Å². The molecule has 0 unspecified atom stereocenters. The standard InChI is InChI=1S/C18H13Cl2N5O/c1-10-12(17(20)25(24-10)16-5-3-2-4-13(16)19)9-21-11-6-7-14-15(8-11)23-18(26)22-14/h2-9H,1H3,(H2,22,23,26). The molecule has 0 saturated carbocycles. The summed E-state index contributed by atoms with van der Waals surface area (Å²) in [5, 5.41) is 5.45. The average Bonchev–Trinajstić information content (AvgIpc) is 3.12. The Bertz CT molecular complexity index is 1200. The third-order valence-electron chi connectivity index (χ3n) is 3.97. The van der Waals surface area contributed by atoms with Crippen LogP contribution >= 0.6 is 23.2 Å². The van der Waals surface area contributed by atoms with Gasteiger partial charge in [-0.25, -0.2) is 9.48 Å². The van der Waals surface area contributed by atoms with E-state index < -0.39 is 0 Å². The van der Waals surface area contributed by atoms with Crippen LogP contribution in [0.5, 0.6) is 0 Å². The SMILES string of the molecule is Cc1nn(-c2ccccc2Cl)c(Cl)c1C=Nc1ccc2[nH]c(=O)[nH]c2c1. The number of fused-ring (bicyclic) bond motifs is 1. The van der Waals surface area contributed by atoms with Crippen LogP contribution in [0.4, 0.5) is 5.69 Å². The van der Waals surface area contributed by atoms with Crippen LogP contribution in [0.2, 0.25) is 10.2 Å². The lowest BCUT2D eigenvalue weighted by atomic mass is 10.2. The zero-order chi connectivity index (χ0) is 18.3. The molecule has 0 fully saturated rings. The van der Waals surface area contributed by atoms with Crippen LogP contribution in [-0.2, 0) is 0 Å². The van der Waals surface area contributed by atoms with E-state index in [4.69, 9.17) is 23.2 Å². The molecule has 0 spiro atoms. The number of rotatable bonds is 3. The van der Waals surface area contributed by atoms with Crippen molar-refractivity contribution in [2.24, 2.45) is 4.99 Å². The second-order valence-electron chi connectivity index (χ2n) is 5.72. The van der Waals surface area contributed by atoms with Crippen molar-refractivity contribution in [3.8, 4) is 5.69 Å². The van der Waals surface area contributed by atoms with E-state index in [9.17, 15) is 4.79 Å². The van der Waals surface area contributed by atoms with Gasteiger partial charge in [0.2, 0.25) is 0 Å². The molecule has 6 nitrogen and oxygen atoms in total. The van der Waals surface area contributed by atoms with E-state index in [1.54, 1.807) is 29.1 Å². The Labute approximate surface area is 158 Å². The van der Waals surface area contributed by atoms with Gasteiger partial charge in [-0.15, -0.1) is 0 Å². The lowest BCUT2D eigenvalue weighted by molar-refractivity contribution is 0.863. The first-order valence-corrected chi connectivity index (χ1v) is 8.54. The lowest BCUT2D eigenvalue weighted by Crippen LogP contribution is -1.99. The largest absolute Gasteiger partial charge is 0.323 e. The summed E-state index contributed by atoms with van der Waals surface area (Å²) in [4.78, 5) is 21.2. The Kier molecular flexibility index (Phi) is 4.14. The molecule has 0 aliphatic carbocycles. The minimum absolute atomic E-state index is 0.249. The van der Waals surface area contributed by atoms with Crippen LogP contribution in [0, 0.1) is 6.92 Å². The molecule has 2 aromatic heterocycles. The van der Waals surface area contributed by atoms with Gasteiger partial charge in [0.05, 0.1) is 38.7 Å². The highest BCUT2D eigenvalue weighted by atomic mass is 35.5. The Morgan fingerprint density at radius 1 is 1.12 bits per heavy atom. The van der Waals surface area contributed by atoms with Crippen molar-refractivity contribution >= 4 is 46.1 Å². The number of benzene rings is 2. The van der Waals surface area contributed by atoms with Gasteiger partial charge in [0.25, 0.3) is 0 Å². The molecule has 8 heteroatoms. The Balaban J connectivity index is 1.72. The first-order chi connectivity index (χ1) is 12.5. The second-order valence-corrected chi connectivity index (χ2v) is 6.49. The van der Waals surface area contributed by atoms with Gasteiger partial charge >= 0.3 is 5.69 Å². The monoisotopic (exact) mass is 385 g/mol. The van der Waals surface area contributed by atoms with Crippen molar-refractivity contribution < 1.29 is 0 Å². The number of aliphatic imine (C=N–C) groups is 1. The molecule has 0 aliphatic rings. The molecule has 130 valence electrons. The number of hydrogen-bond donors (Lipinski definition) is 2. The van der Waals surface area contributed by atoms with Crippen molar-refractivity contribution in [3.05, 3.63) is 74.4 Å². The van der Waals surface area contributed by atoms with Crippen molar-refractivity contribution in [1.29, 1.82) is 0 Å². The third kappa shape index (κ3) is 2.94. The predicted octanol–water partition coefficient (Wildman–Crippen LogP) is 4.41. The molecular formula is C18H13Cl2N5O. The fraction of sp³-hybridized carbons (Fsp3) is 0.0556. The molecule has 2 N–H and O–H groups in total. The first-order valence-electron chi connectivity index (χ1n) is 7.79. The van der Waals surface area contributed by atoms with Crippen molar-refractivity contribution in [2.75, 3.05) is 0 Å². The first kappa shape index (κ1) is 16.6. The van der Waals surface area contributed by atoms with Gasteiger partial charge in [-0.3, -0.25) is 4.99 Å². The molecule has 2 aromatic carbocycles. The minimum atomic E-state index is -0.249. The molecule has 26 heavy (non-hydrogen) atoms. The molecule has 4 aromatic rings. The van der Waals surface area contributed by atoms with Crippen molar-refractivity contribution in [2.45, 2.75) is 6.92 Å². The van der Waals surface area contributed by atoms with Gasteiger partial charge in [-0.05, 0) is 37.3 Å². The third-order valence-corrected chi connectivity index (χ3v) is 4.65. The smallest absolute Gasteiger partial charge is 0.306 e. The Morgan fingerprint density at radius 3 is 2.69 bits per heavy atom. The van der Waals surface area contributed by atoms with Gasteiger partial charge in [0.1, 0.15) is 5.15 Å². The topological polar surface area (TPSA) is 78.8 Å². The molecule has 0 radical (unpaired) electrons. The maximum absolute atomic E-state index is 11.3. The number of nitrogens with zero attached hydrogens (tertiary/aromatic N) is 3. The number of aromatic nitrogens is 4. The fourth-order valence-electron chi connectivity index (χ4n) is 2.68. The predicted molar refractivity (Wildman–Crippen MR) is 104 cm³/mol.